The zero-order valence-corrected chi connectivity index (χ0v) is 11.4. The van der Waals surface area contributed by atoms with Crippen LogP contribution >= 0.6 is 0 Å². The first-order chi connectivity index (χ1) is 10.2. The largest absolute Gasteiger partial charge is 0.484 e. The highest BCUT2D eigenvalue weighted by atomic mass is 19.4. The smallest absolute Gasteiger partial charge is 0.406 e. The second-order valence-electron chi connectivity index (χ2n) is 4.22. The van der Waals surface area contributed by atoms with Crippen molar-refractivity contribution in [3.63, 3.8) is 0 Å². The summed E-state index contributed by atoms with van der Waals surface area (Å²) in [7, 11) is 0. The van der Waals surface area contributed by atoms with E-state index in [2.05, 4.69) is 6.58 Å². The first kappa shape index (κ1) is 17.5. The third kappa shape index (κ3) is 5.81. The molecule has 0 radical (unpaired) electrons. The lowest BCUT2D eigenvalue weighted by Crippen LogP contribution is -2.41. The van der Waals surface area contributed by atoms with Crippen LogP contribution in [0.4, 0.5) is 18.9 Å². The number of nitrogens with zero attached hydrogens (tertiary/aromatic N) is 2. The van der Waals surface area contributed by atoms with Crippen LogP contribution in [0.5, 0.6) is 5.75 Å². The average Bonchev–Trinajstić information content (AvgIpc) is 2.43. The van der Waals surface area contributed by atoms with Gasteiger partial charge < -0.3 is 9.64 Å². The summed E-state index contributed by atoms with van der Waals surface area (Å²) in [6.07, 6.45) is -3.35. The van der Waals surface area contributed by atoms with Gasteiger partial charge in [-0.25, -0.2) is 0 Å². The fourth-order valence-electron chi connectivity index (χ4n) is 1.53. The van der Waals surface area contributed by atoms with E-state index in [0.29, 0.717) is 4.90 Å². The van der Waals surface area contributed by atoms with E-state index in [9.17, 15) is 28.1 Å². The number of halogens is 3. The molecule has 1 amide bonds. The molecule has 0 bridgehead atoms. The predicted molar refractivity (Wildman–Crippen MR) is 71.4 cm³/mol. The summed E-state index contributed by atoms with van der Waals surface area (Å²) >= 11 is 0. The lowest BCUT2D eigenvalue weighted by atomic mass is 10.3. The van der Waals surface area contributed by atoms with Gasteiger partial charge in [-0.3, -0.25) is 14.9 Å². The molecule has 0 aliphatic heterocycles. The van der Waals surface area contributed by atoms with E-state index in [1.165, 1.54) is 18.2 Å². The number of benzene rings is 1. The van der Waals surface area contributed by atoms with Crippen molar-refractivity contribution in [1.29, 1.82) is 0 Å². The fraction of sp³-hybridized carbons (Fsp3) is 0.308. The van der Waals surface area contributed by atoms with E-state index in [1.54, 1.807) is 0 Å². The number of carbonyl (C=O) groups excluding carboxylic acids is 1. The molecule has 0 saturated carbocycles. The molecule has 0 saturated heterocycles. The summed E-state index contributed by atoms with van der Waals surface area (Å²) in [5, 5.41) is 10.5. The van der Waals surface area contributed by atoms with Crippen molar-refractivity contribution in [2.75, 3.05) is 19.7 Å². The number of nitro benzene ring substituents is 1. The molecule has 0 aliphatic rings. The molecule has 0 aliphatic carbocycles. The average molecular weight is 318 g/mol. The Balaban J connectivity index is 2.62. The van der Waals surface area contributed by atoms with Gasteiger partial charge in [0, 0.05) is 18.7 Å². The molecule has 0 heterocycles. The molecule has 0 fully saturated rings. The molecular formula is C13H13F3N2O4. The van der Waals surface area contributed by atoms with Crippen LogP contribution in [0.2, 0.25) is 0 Å². The third-order valence-corrected chi connectivity index (χ3v) is 2.48. The van der Waals surface area contributed by atoms with Crippen LogP contribution in [0.1, 0.15) is 0 Å². The van der Waals surface area contributed by atoms with Crippen LogP contribution in [0, 0.1) is 10.1 Å². The van der Waals surface area contributed by atoms with Gasteiger partial charge in [-0.05, 0) is 12.1 Å². The molecule has 0 spiro atoms. The van der Waals surface area contributed by atoms with Gasteiger partial charge in [-0.1, -0.05) is 6.08 Å². The normalized spacial score (nSPS) is 10.9. The van der Waals surface area contributed by atoms with Crippen molar-refractivity contribution < 1.29 is 27.6 Å². The van der Waals surface area contributed by atoms with E-state index in [4.69, 9.17) is 4.74 Å². The lowest BCUT2D eigenvalue weighted by Gasteiger charge is -2.22. The van der Waals surface area contributed by atoms with E-state index in [1.807, 2.05) is 0 Å². The van der Waals surface area contributed by atoms with E-state index < -0.39 is 30.2 Å². The van der Waals surface area contributed by atoms with Gasteiger partial charge in [0.25, 0.3) is 11.6 Å². The fourth-order valence-corrected chi connectivity index (χ4v) is 1.53. The maximum atomic E-state index is 12.3. The van der Waals surface area contributed by atoms with Crippen LogP contribution in [0.15, 0.2) is 36.9 Å². The summed E-state index contributed by atoms with van der Waals surface area (Å²) in [4.78, 5) is 22.1. The Morgan fingerprint density at radius 2 is 1.95 bits per heavy atom. The second kappa shape index (κ2) is 7.43. The molecule has 120 valence electrons. The van der Waals surface area contributed by atoms with Crippen LogP contribution < -0.4 is 4.74 Å². The highest BCUT2D eigenvalue weighted by Gasteiger charge is 2.32. The number of hydrogen-bond acceptors (Lipinski definition) is 4. The molecule has 1 rings (SSSR count). The Labute approximate surface area is 123 Å². The maximum Gasteiger partial charge on any atom is 0.406 e. The Hall–Kier alpha value is -2.58. The monoisotopic (exact) mass is 318 g/mol. The number of non-ortho nitro benzene ring substituents is 1. The molecule has 9 heteroatoms. The summed E-state index contributed by atoms with van der Waals surface area (Å²) in [6, 6.07) is 4.84. The van der Waals surface area contributed by atoms with Gasteiger partial charge >= 0.3 is 6.18 Å². The number of rotatable bonds is 7. The van der Waals surface area contributed by atoms with Crippen molar-refractivity contribution in [1.82, 2.24) is 4.90 Å². The summed E-state index contributed by atoms with van der Waals surface area (Å²) in [5.41, 5.74) is -0.163. The van der Waals surface area contributed by atoms with Crippen LogP contribution in [0.25, 0.3) is 0 Å². The van der Waals surface area contributed by atoms with E-state index in [-0.39, 0.29) is 18.0 Å². The number of carbonyl (C=O) groups is 1. The number of ether oxygens (including phenoxy) is 1. The van der Waals surface area contributed by atoms with Crippen molar-refractivity contribution >= 4 is 11.6 Å². The molecule has 1 aromatic rings. The minimum Gasteiger partial charge on any atom is -0.484 e. The van der Waals surface area contributed by atoms with Gasteiger partial charge in [0.15, 0.2) is 6.61 Å². The molecule has 0 unspecified atom stereocenters. The number of hydrogen-bond donors (Lipinski definition) is 0. The summed E-state index contributed by atoms with van der Waals surface area (Å²) in [6.45, 7) is 1.02. The molecule has 6 nitrogen and oxygen atoms in total. The van der Waals surface area contributed by atoms with Crippen LogP contribution in [-0.4, -0.2) is 41.6 Å². The van der Waals surface area contributed by atoms with E-state index in [0.717, 1.165) is 12.1 Å². The van der Waals surface area contributed by atoms with Crippen molar-refractivity contribution in [2.24, 2.45) is 0 Å². The van der Waals surface area contributed by atoms with Gasteiger partial charge in [-0.15, -0.1) is 6.58 Å². The zero-order valence-electron chi connectivity index (χ0n) is 11.4. The van der Waals surface area contributed by atoms with Crippen molar-refractivity contribution in [2.45, 2.75) is 6.18 Å². The van der Waals surface area contributed by atoms with Crippen LogP contribution in [-0.2, 0) is 4.79 Å². The second-order valence-corrected chi connectivity index (χ2v) is 4.22. The molecule has 0 atom stereocenters. The first-order valence-electron chi connectivity index (χ1n) is 6.05. The predicted octanol–water partition coefficient (Wildman–Crippen LogP) is 2.55. The Morgan fingerprint density at radius 3 is 2.41 bits per heavy atom. The number of alkyl halides is 3. The summed E-state index contributed by atoms with van der Waals surface area (Å²) in [5.74, 6) is -0.722. The topological polar surface area (TPSA) is 72.7 Å². The standard InChI is InChI=1S/C13H13F3N2O4/c1-2-7-17(9-13(14,15)16)12(19)8-22-11-5-3-10(4-6-11)18(20)21/h2-6H,1,7-9H2. The molecule has 0 aromatic heterocycles. The lowest BCUT2D eigenvalue weighted by molar-refractivity contribution is -0.384. The Morgan fingerprint density at radius 1 is 1.36 bits per heavy atom. The molecule has 0 N–H and O–H groups in total. The number of nitro groups is 1. The first-order valence-corrected chi connectivity index (χ1v) is 6.05. The maximum absolute atomic E-state index is 12.3. The number of amides is 1. The minimum atomic E-state index is -4.52. The third-order valence-electron chi connectivity index (χ3n) is 2.48. The minimum absolute atomic E-state index is 0.143. The summed E-state index contributed by atoms with van der Waals surface area (Å²) < 4.78 is 42.0. The van der Waals surface area contributed by atoms with Gasteiger partial charge in [0.2, 0.25) is 0 Å². The van der Waals surface area contributed by atoms with Crippen molar-refractivity contribution in [3.8, 4) is 5.75 Å². The molecule has 22 heavy (non-hydrogen) atoms. The Kier molecular flexibility index (Phi) is 5.90. The highest BCUT2D eigenvalue weighted by Crippen LogP contribution is 2.18. The molecule has 1 aromatic carbocycles. The van der Waals surface area contributed by atoms with E-state index >= 15 is 0 Å². The van der Waals surface area contributed by atoms with Gasteiger partial charge in [0.05, 0.1) is 4.92 Å². The Bertz CT molecular complexity index is 543. The zero-order chi connectivity index (χ0) is 16.8. The highest BCUT2D eigenvalue weighted by molar-refractivity contribution is 5.78. The SMILES string of the molecule is C=CCN(CC(F)(F)F)C(=O)COc1ccc([N+](=O)[O-])cc1. The van der Waals surface area contributed by atoms with Gasteiger partial charge in [0.1, 0.15) is 12.3 Å². The molecular weight excluding hydrogens is 305 g/mol. The van der Waals surface area contributed by atoms with Gasteiger partial charge in [-0.2, -0.15) is 13.2 Å². The quantitative estimate of drug-likeness (QED) is 0.440. The van der Waals surface area contributed by atoms with Crippen LogP contribution in [0.3, 0.4) is 0 Å². The van der Waals surface area contributed by atoms with Crippen molar-refractivity contribution in [3.05, 3.63) is 47.0 Å².